The van der Waals surface area contributed by atoms with Crippen LogP contribution in [-0.2, 0) is 23.1 Å². The number of ether oxygens (including phenoxy) is 4. The Morgan fingerprint density at radius 2 is 1.20 bits per heavy atom. The SMILES string of the molecule is COc1cc2c3c(c4cc(OC)c(OC)cc4c2cc1OC)CN1CCCCC1C3.CS(=O)(=O)O. The predicted molar refractivity (Wildman–Crippen MR) is 137 cm³/mol. The molecule has 1 N–H and O–H groups in total. The quantitative estimate of drug-likeness (QED) is 0.413. The van der Waals surface area contributed by atoms with E-state index in [2.05, 4.69) is 29.2 Å². The van der Waals surface area contributed by atoms with Gasteiger partial charge in [-0.2, -0.15) is 8.42 Å². The highest BCUT2D eigenvalue weighted by atomic mass is 32.2. The maximum atomic E-state index is 9.19. The summed E-state index contributed by atoms with van der Waals surface area (Å²) in [5.41, 5.74) is 2.85. The van der Waals surface area contributed by atoms with Crippen LogP contribution in [0.15, 0.2) is 24.3 Å². The Hall–Kier alpha value is -2.75. The third-order valence-corrected chi connectivity index (χ3v) is 6.90. The molecule has 2 heterocycles. The van der Waals surface area contributed by atoms with Gasteiger partial charge in [0.05, 0.1) is 34.7 Å². The van der Waals surface area contributed by atoms with Crippen molar-refractivity contribution in [2.24, 2.45) is 0 Å². The average Bonchev–Trinajstić information content (AvgIpc) is 2.85. The monoisotopic (exact) mass is 503 g/mol. The molecule has 0 saturated carbocycles. The molecule has 3 aromatic rings. The zero-order valence-corrected chi connectivity index (χ0v) is 21.7. The highest BCUT2D eigenvalue weighted by Crippen LogP contribution is 2.45. The molecule has 2 aliphatic heterocycles. The topological polar surface area (TPSA) is 94.5 Å². The summed E-state index contributed by atoms with van der Waals surface area (Å²) in [5.74, 6) is 3.04. The molecule has 35 heavy (non-hydrogen) atoms. The molecule has 2 aliphatic rings. The molecular formula is C26H33NO7S. The Kier molecular flexibility index (Phi) is 7.30. The van der Waals surface area contributed by atoms with Gasteiger partial charge in [-0.1, -0.05) is 6.42 Å². The normalized spacial score (nSPS) is 17.7. The van der Waals surface area contributed by atoms with Gasteiger partial charge in [0.25, 0.3) is 10.1 Å². The number of rotatable bonds is 4. The third-order valence-electron chi connectivity index (χ3n) is 6.90. The van der Waals surface area contributed by atoms with E-state index in [1.807, 2.05) is 0 Å². The Labute approximate surface area is 206 Å². The van der Waals surface area contributed by atoms with Crippen molar-refractivity contribution in [2.75, 3.05) is 41.2 Å². The molecule has 0 radical (unpaired) electrons. The number of hydrogen-bond acceptors (Lipinski definition) is 7. The van der Waals surface area contributed by atoms with E-state index in [-0.39, 0.29) is 0 Å². The first kappa shape index (κ1) is 25.3. The molecular weight excluding hydrogens is 470 g/mol. The standard InChI is InChI=1S/C25H29NO4.CH4O3S/c1-27-22-10-17-16-9-15-7-5-6-8-26(15)14-21(16)20-13-25(30-4)24(29-3)12-19(20)18(17)11-23(22)28-2;1-5(2,3)4/h10-13,15H,5-9,14H2,1-4H3;1H3,(H,2,3,4). The molecule has 0 amide bonds. The van der Waals surface area contributed by atoms with Gasteiger partial charge in [0.1, 0.15) is 0 Å². The van der Waals surface area contributed by atoms with Crippen LogP contribution < -0.4 is 18.9 Å². The summed E-state index contributed by atoms with van der Waals surface area (Å²) in [5, 5.41) is 4.84. The zero-order chi connectivity index (χ0) is 25.3. The second-order valence-electron chi connectivity index (χ2n) is 9.02. The first-order valence-electron chi connectivity index (χ1n) is 11.6. The Morgan fingerprint density at radius 1 is 0.771 bits per heavy atom. The van der Waals surface area contributed by atoms with Crippen LogP contribution in [0.5, 0.6) is 23.0 Å². The molecule has 0 spiro atoms. The van der Waals surface area contributed by atoms with E-state index in [9.17, 15) is 8.42 Å². The second-order valence-corrected chi connectivity index (χ2v) is 10.5. The molecule has 3 aromatic carbocycles. The number of methoxy groups -OCH3 is 4. The van der Waals surface area contributed by atoms with Gasteiger partial charge in [0, 0.05) is 12.6 Å². The molecule has 0 aliphatic carbocycles. The maximum Gasteiger partial charge on any atom is 0.261 e. The largest absolute Gasteiger partial charge is 0.493 e. The molecule has 5 rings (SSSR count). The fourth-order valence-corrected chi connectivity index (χ4v) is 5.38. The van der Waals surface area contributed by atoms with Gasteiger partial charge < -0.3 is 18.9 Å². The van der Waals surface area contributed by atoms with Crippen LogP contribution in [0.2, 0.25) is 0 Å². The first-order valence-corrected chi connectivity index (χ1v) is 13.4. The van der Waals surface area contributed by atoms with E-state index >= 15 is 0 Å². The van der Waals surface area contributed by atoms with Crippen molar-refractivity contribution < 1.29 is 31.9 Å². The molecule has 0 bridgehead atoms. The number of hydrogen-bond donors (Lipinski definition) is 1. The van der Waals surface area contributed by atoms with E-state index < -0.39 is 10.1 Å². The lowest BCUT2D eigenvalue weighted by Gasteiger charge is -2.41. The molecule has 1 unspecified atom stereocenters. The van der Waals surface area contributed by atoms with E-state index in [0.29, 0.717) is 12.3 Å². The van der Waals surface area contributed by atoms with Gasteiger partial charge in [-0.15, -0.1) is 0 Å². The van der Waals surface area contributed by atoms with Crippen molar-refractivity contribution in [2.45, 2.75) is 38.3 Å². The summed E-state index contributed by atoms with van der Waals surface area (Å²) in [6.45, 7) is 2.17. The molecule has 1 saturated heterocycles. The minimum absolute atomic E-state index is 0.625. The highest BCUT2D eigenvalue weighted by Gasteiger charge is 2.31. The van der Waals surface area contributed by atoms with Crippen molar-refractivity contribution in [3.05, 3.63) is 35.4 Å². The van der Waals surface area contributed by atoms with Crippen molar-refractivity contribution in [1.82, 2.24) is 4.90 Å². The van der Waals surface area contributed by atoms with Gasteiger partial charge in [-0.3, -0.25) is 9.45 Å². The Bertz CT molecular complexity index is 1260. The van der Waals surface area contributed by atoms with Crippen LogP contribution in [0.1, 0.15) is 30.4 Å². The van der Waals surface area contributed by atoms with Crippen molar-refractivity contribution in [3.63, 3.8) is 0 Å². The number of benzene rings is 3. The van der Waals surface area contributed by atoms with Crippen LogP contribution in [0.4, 0.5) is 0 Å². The second kappa shape index (κ2) is 10.1. The number of piperidine rings is 1. The van der Waals surface area contributed by atoms with Crippen LogP contribution in [0, 0.1) is 0 Å². The highest BCUT2D eigenvalue weighted by molar-refractivity contribution is 7.85. The fraction of sp³-hybridized carbons (Fsp3) is 0.462. The third kappa shape index (κ3) is 5.12. The van der Waals surface area contributed by atoms with Crippen molar-refractivity contribution in [3.8, 4) is 23.0 Å². The fourth-order valence-electron chi connectivity index (χ4n) is 5.38. The number of fused-ring (bicyclic) bond motifs is 7. The van der Waals surface area contributed by atoms with Gasteiger partial charge in [-0.05, 0) is 82.7 Å². The zero-order valence-electron chi connectivity index (χ0n) is 20.9. The Balaban J connectivity index is 0.000000527. The molecule has 0 aromatic heterocycles. The number of nitrogens with zero attached hydrogens (tertiary/aromatic N) is 1. The van der Waals surface area contributed by atoms with Crippen molar-refractivity contribution in [1.29, 1.82) is 0 Å². The molecule has 9 heteroatoms. The molecule has 1 atom stereocenters. The summed E-state index contributed by atoms with van der Waals surface area (Å²) in [6, 6.07) is 9.14. The van der Waals surface area contributed by atoms with Crippen LogP contribution in [0.3, 0.4) is 0 Å². The summed E-state index contributed by atoms with van der Waals surface area (Å²) < 4.78 is 48.4. The van der Waals surface area contributed by atoms with Gasteiger partial charge in [0.15, 0.2) is 23.0 Å². The summed E-state index contributed by atoms with van der Waals surface area (Å²) in [4.78, 5) is 2.66. The van der Waals surface area contributed by atoms with E-state index in [0.717, 1.165) is 41.3 Å². The summed E-state index contributed by atoms with van der Waals surface area (Å²) in [7, 11) is 3.11. The summed E-state index contributed by atoms with van der Waals surface area (Å²) in [6.07, 6.45) is 5.68. The minimum atomic E-state index is -3.67. The van der Waals surface area contributed by atoms with E-state index in [1.54, 1.807) is 28.4 Å². The Morgan fingerprint density at radius 3 is 1.66 bits per heavy atom. The smallest absolute Gasteiger partial charge is 0.261 e. The van der Waals surface area contributed by atoms with Crippen molar-refractivity contribution >= 4 is 31.7 Å². The maximum absolute atomic E-state index is 9.19. The van der Waals surface area contributed by atoms with E-state index in [1.165, 1.54) is 53.1 Å². The van der Waals surface area contributed by atoms with Gasteiger partial charge in [-0.25, -0.2) is 0 Å². The molecule has 190 valence electrons. The average molecular weight is 504 g/mol. The van der Waals surface area contributed by atoms with Gasteiger partial charge >= 0.3 is 0 Å². The van der Waals surface area contributed by atoms with Crippen LogP contribution in [0.25, 0.3) is 21.5 Å². The van der Waals surface area contributed by atoms with Crippen LogP contribution in [-0.4, -0.2) is 65.2 Å². The van der Waals surface area contributed by atoms with Crippen LogP contribution >= 0.6 is 0 Å². The lowest BCUT2D eigenvalue weighted by molar-refractivity contribution is 0.128. The lowest BCUT2D eigenvalue weighted by atomic mass is 9.82. The predicted octanol–water partition coefficient (Wildman–Crippen LogP) is 4.44. The van der Waals surface area contributed by atoms with Gasteiger partial charge in [0.2, 0.25) is 0 Å². The molecule has 8 nitrogen and oxygen atoms in total. The molecule has 1 fully saturated rings. The first-order chi connectivity index (χ1) is 16.7. The minimum Gasteiger partial charge on any atom is -0.493 e. The summed E-state index contributed by atoms with van der Waals surface area (Å²) >= 11 is 0. The van der Waals surface area contributed by atoms with E-state index in [4.69, 9.17) is 23.5 Å². The lowest BCUT2D eigenvalue weighted by Crippen LogP contribution is -2.43.